The van der Waals surface area contributed by atoms with Crippen molar-refractivity contribution in [2.24, 2.45) is 0 Å². The van der Waals surface area contributed by atoms with Crippen LogP contribution in [0, 0.1) is 3.57 Å². The second-order valence-electron chi connectivity index (χ2n) is 3.30. The van der Waals surface area contributed by atoms with Gasteiger partial charge in [0.25, 0.3) is 0 Å². The van der Waals surface area contributed by atoms with E-state index in [1.165, 1.54) is 0 Å². The molecule has 2 rings (SSSR count). The maximum absolute atomic E-state index is 11.5. The number of hydrogen-bond donors (Lipinski definition) is 1. The van der Waals surface area contributed by atoms with E-state index < -0.39 is 6.10 Å². The Hall–Kier alpha value is -0.400. The molecule has 0 saturated carbocycles. The molecule has 2 heterocycles. The second-order valence-corrected chi connectivity index (χ2v) is 4.73. The van der Waals surface area contributed by atoms with Gasteiger partial charge in [0.05, 0.1) is 28.3 Å². The lowest BCUT2D eigenvalue weighted by atomic mass is 10.3. The van der Waals surface area contributed by atoms with Gasteiger partial charge in [-0.15, -0.1) is 0 Å². The Balaban J connectivity index is 2.38. The van der Waals surface area contributed by atoms with Gasteiger partial charge in [0.2, 0.25) is 5.91 Å². The predicted octanol–water partition coefficient (Wildman–Crippen LogP) is 1.44. The molecule has 1 atom stereocenters. The minimum absolute atomic E-state index is 0.0808. The van der Waals surface area contributed by atoms with E-state index in [9.17, 15) is 9.90 Å². The van der Waals surface area contributed by atoms with Gasteiger partial charge in [0.15, 0.2) is 0 Å². The number of aromatic nitrogens is 1. The van der Waals surface area contributed by atoms with Crippen LogP contribution in [0.5, 0.6) is 0 Å². The summed E-state index contributed by atoms with van der Waals surface area (Å²) in [5.74, 6) is -0.0808. The Bertz CT molecular complexity index is 413. The predicted molar refractivity (Wildman–Crippen MR) is 64.9 cm³/mol. The maximum atomic E-state index is 11.5. The number of nitrogens with zero attached hydrogens (tertiary/aromatic N) is 2. The van der Waals surface area contributed by atoms with Crippen LogP contribution in [-0.2, 0) is 4.79 Å². The van der Waals surface area contributed by atoms with Crippen molar-refractivity contribution in [1.29, 1.82) is 0 Å². The molecular weight excluding hydrogens is 330 g/mol. The monoisotopic (exact) mass is 338 g/mol. The second kappa shape index (κ2) is 4.23. The van der Waals surface area contributed by atoms with Crippen LogP contribution in [0.4, 0.5) is 5.69 Å². The van der Waals surface area contributed by atoms with Crippen molar-refractivity contribution in [2.75, 3.05) is 11.4 Å². The third-order valence-electron chi connectivity index (χ3n) is 2.22. The molecule has 0 aromatic carbocycles. The van der Waals surface area contributed by atoms with Crippen LogP contribution in [0.15, 0.2) is 12.3 Å². The summed E-state index contributed by atoms with van der Waals surface area (Å²) in [5.41, 5.74) is 0.720. The number of amides is 1. The lowest BCUT2D eigenvalue weighted by Gasteiger charge is -2.17. The average Bonchev–Trinajstić information content (AvgIpc) is 2.50. The molecule has 1 aromatic heterocycles. The SMILES string of the molecule is O=C1CC(O)CN1c1ccnc(Cl)c1I. The zero-order chi connectivity index (χ0) is 11.0. The average molecular weight is 339 g/mol. The van der Waals surface area contributed by atoms with Crippen LogP contribution in [0.3, 0.4) is 0 Å². The van der Waals surface area contributed by atoms with Crippen LogP contribution in [-0.4, -0.2) is 28.6 Å². The van der Waals surface area contributed by atoms with Crippen molar-refractivity contribution in [2.45, 2.75) is 12.5 Å². The molecule has 0 radical (unpaired) electrons. The van der Waals surface area contributed by atoms with E-state index in [0.717, 1.165) is 9.26 Å². The molecule has 0 aliphatic carbocycles. The van der Waals surface area contributed by atoms with Gasteiger partial charge >= 0.3 is 0 Å². The molecule has 1 N–H and O–H groups in total. The number of carbonyl (C=O) groups excluding carboxylic acids is 1. The minimum atomic E-state index is -0.583. The van der Waals surface area contributed by atoms with Gasteiger partial charge in [-0.05, 0) is 28.7 Å². The number of aliphatic hydroxyl groups is 1. The molecule has 4 nitrogen and oxygen atoms in total. The highest BCUT2D eigenvalue weighted by Crippen LogP contribution is 2.30. The molecule has 1 aliphatic heterocycles. The molecule has 1 aliphatic rings. The highest BCUT2D eigenvalue weighted by atomic mass is 127. The van der Waals surface area contributed by atoms with Gasteiger partial charge in [-0.2, -0.15) is 0 Å². The van der Waals surface area contributed by atoms with Crippen molar-refractivity contribution in [3.8, 4) is 0 Å². The fourth-order valence-corrected chi connectivity index (χ4v) is 2.30. The highest BCUT2D eigenvalue weighted by Gasteiger charge is 2.30. The number of β-amino-alcohol motifs (C(OH)–C–C–N with tert-alkyl or cyclic N) is 1. The Morgan fingerprint density at radius 3 is 3.00 bits per heavy atom. The Morgan fingerprint density at radius 2 is 2.40 bits per heavy atom. The summed E-state index contributed by atoms with van der Waals surface area (Å²) < 4.78 is 0.735. The molecular formula is C9H8ClIN2O2. The molecule has 80 valence electrons. The van der Waals surface area contributed by atoms with E-state index in [1.807, 2.05) is 22.6 Å². The molecule has 1 amide bonds. The fraction of sp³-hybridized carbons (Fsp3) is 0.333. The third-order valence-corrected chi connectivity index (χ3v) is 3.89. The quantitative estimate of drug-likeness (QED) is 0.623. The van der Waals surface area contributed by atoms with Gasteiger partial charge < -0.3 is 10.0 Å². The van der Waals surface area contributed by atoms with Crippen molar-refractivity contribution in [1.82, 2.24) is 4.98 Å². The molecule has 0 spiro atoms. The number of rotatable bonds is 1. The topological polar surface area (TPSA) is 53.4 Å². The number of hydrogen-bond acceptors (Lipinski definition) is 3. The van der Waals surface area contributed by atoms with E-state index in [-0.39, 0.29) is 12.3 Å². The Morgan fingerprint density at radius 1 is 1.67 bits per heavy atom. The summed E-state index contributed by atoms with van der Waals surface area (Å²) in [6.45, 7) is 0.329. The van der Waals surface area contributed by atoms with Crippen molar-refractivity contribution in [3.05, 3.63) is 21.0 Å². The van der Waals surface area contributed by atoms with E-state index in [2.05, 4.69) is 4.98 Å². The fourth-order valence-electron chi connectivity index (χ4n) is 1.54. The summed E-state index contributed by atoms with van der Waals surface area (Å²) in [7, 11) is 0. The van der Waals surface area contributed by atoms with Gasteiger partial charge in [0.1, 0.15) is 5.15 Å². The highest BCUT2D eigenvalue weighted by molar-refractivity contribution is 14.1. The lowest BCUT2D eigenvalue weighted by molar-refractivity contribution is -0.117. The number of aliphatic hydroxyl groups excluding tert-OH is 1. The summed E-state index contributed by atoms with van der Waals surface area (Å²) in [6, 6.07) is 1.73. The first kappa shape index (κ1) is 11.1. The number of halogens is 2. The molecule has 1 aromatic rings. The lowest BCUT2D eigenvalue weighted by Crippen LogP contribution is -2.26. The van der Waals surface area contributed by atoms with Crippen molar-refractivity contribution < 1.29 is 9.90 Å². The molecule has 6 heteroatoms. The van der Waals surface area contributed by atoms with Crippen LogP contribution in [0.25, 0.3) is 0 Å². The first-order valence-electron chi connectivity index (χ1n) is 4.38. The summed E-state index contributed by atoms with van der Waals surface area (Å²) in [5, 5.41) is 9.76. The largest absolute Gasteiger partial charge is 0.391 e. The molecule has 1 unspecified atom stereocenters. The zero-order valence-electron chi connectivity index (χ0n) is 7.65. The van der Waals surface area contributed by atoms with Gasteiger partial charge in [0, 0.05) is 6.20 Å². The van der Waals surface area contributed by atoms with E-state index >= 15 is 0 Å². The number of pyridine rings is 1. The van der Waals surface area contributed by atoms with Crippen molar-refractivity contribution >= 4 is 45.8 Å². The van der Waals surface area contributed by atoms with Gasteiger partial charge in [-0.25, -0.2) is 4.98 Å². The van der Waals surface area contributed by atoms with E-state index in [0.29, 0.717) is 11.7 Å². The first-order valence-corrected chi connectivity index (χ1v) is 5.83. The third kappa shape index (κ3) is 2.09. The zero-order valence-corrected chi connectivity index (χ0v) is 10.6. The van der Waals surface area contributed by atoms with Crippen molar-refractivity contribution in [3.63, 3.8) is 0 Å². The number of carbonyl (C=O) groups is 1. The minimum Gasteiger partial charge on any atom is -0.391 e. The standard InChI is InChI=1S/C9H8ClIN2O2/c10-9-8(11)6(1-2-12-9)13-4-5(14)3-7(13)15/h1-2,5,14H,3-4H2. The molecule has 1 saturated heterocycles. The van der Waals surface area contributed by atoms with Crippen LogP contribution < -0.4 is 4.90 Å². The molecule has 15 heavy (non-hydrogen) atoms. The Labute approximate surface area is 105 Å². The molecule has 0 bridgehead atoms. The normalized spacial score (nSPS) is 21.1. The summed E-state index contributed by atoms with van der Waals surface area (Å²) in [4.78, 5) is 17.0. The summed E-state index contributed by atoms with van der Waals surface area (Å²) >= 11 is 7.90. The Kier molecular flexibility index (Phi) is 3.13. The van der Waals surface area contributed by atoms with E-state index in [1.54, 1.807) is 17.2 Å². The summed E-state index contributed by atoms with van der Waals surface area (Å²) in [6.07, 6.45) is 1.15. The van der Waals surface area contributed by atoms with Crippen LogP contribution in [0.1, 0.15) is 6.42 Å². The molecule has 1 fully saturated rings. The van der Waals surface area contributed by atoms with Crippen LogP contribution >= 0.6 is 34.2 Å². The number of anilines is 1. The van der Waals surface area contributed by atoms with Gasteiger partial charge in [-0.3, -0.25) is 4.79 Å². The van der Waals surface area contributed by atoms with Crippen LogP contribution in [0.2, 0.25) is 5.15 Å². The maximum Gasteiger partial charge on any atom is 0.229 e. The van der Waals surface area contributed by atoms with Gasteiger partial charge in [-0.1, -0.05) is 11.6 Å². The van der Waals surface area contributed by atoms with E-state index in [4.69, 9.17) is 11.6 Å². The smallest absolute Gasteiger partial charge is 0.229 e. The first-order chi connectivity index (χ1) is 7.09.